The Hall–Kier alpha value is -3.18. The highest BCUT2D eigenvalue weighted by Crippen LogP contribution is 2.71. The van der Waals surface area contributed by atoms with Crippen LogP contribution in [0, 0.1) is 11.8 Å². The summed E-state index contributed by atoms with van der Waals surface area (Å²) in [6.45, 7) is 10.9. The summed E-state index contributed by atoms with van der Waals surface area (Å²) in [5, 5.41) is 17.9. The quantitative estimate of drug-likeness (QED) is 0.310. The first kappa shape index (κ1) is 28.4. The molecule has 2 aromatic rings. The van der Waals surface area contributed by atoms with Crippen LogP contribution in [0.15, 0.2) is 49.6 Å². The fraction of sp³-hybridized carbons (Fsp3) is 0.552. The van der Waals surface area contributed by atoms with Crippen molar-refractivity contribution in [2.75, 3.05) is 33.3 Å². The smallest absolute Gasteiger partial charge is 0.248 e. The van der Waals surface area contributed by atoms with Crippen LogP contribution in [0.1, 0.15) is 32.6 Å². The van der Waals surface area contributed by atoms with Crippen molar-refractivity contribution in [3.63, 3.8) is 0 Å². The SMILES string of the molecule is C=CCN(C)C(=O)[C@H]1[C@H]2C(=O)N(CCCCO)C(C(=O)N(CC=C)Cn3nnc4ccccc43)C23CC[C@]1(C)S3. The number of nitrogens with zero attached hydrogens (tertiary/aromatic N) is 6. The number of fused-ring (bicyclic) bond motifs is 2. The first-order chi connectivity index (χ1) is 19.2. The first-order valence-corrected chi connectivity index (χ1v) is 14.7. The van der Waals surface area contributed by atoms with Crippen LogP contribution in [0.4, 0.5) is 0 Å². The molecule has 2 unspecified atom stereocenters. The second-order valence-corrected chi connectivity index (χ2v) is 13.2. The molecule has 3 aliphatic rings. The van der Waals surface area contributed by atoms with Gasteiger partial charge in [0.15, 0.2) is 0 Å². The van der Waals surface area contributed by atoms with Gasteiger partial charge in [0.25, 0.3) is 0 Å². The van der Waals surface area contributed by atoms with Gasteiger partial charge in [-0.15, -0.1) is 30.0 Å². The lowest BCUT2D eigenvalue weighted by Gasteiger charge is -2.37. The van der Waals surface area contributed by atoms with Crippen LogP contribution in [-0.4, -0.2) is 101 Å². The van der Waals surface area contributed by atoms with E-state index in [0.29, 0.717) is 32.4 Å². The van der Waals surface area contributed by atoms with Crippen LogP contribution in [-0.2, 0) is 21.1 Å². The van der Waals surface area contributed by atoms with Crippen LogP contribution in [0.3, 0.4) is 0 Å². The van der Waals surface area contributed by atoms with Crippen molar-refractivity contribution < 1.29 is 19.5 Å². The van der Waals surface area contributed by atoms with E-state index in [2.05, 4.69) is 30.4 Å². The van der Waals surface area contributed by atoms with Crippen LogP contribution in [0.2, 0.25) is 0 Å². The summed E-state index contributed by atoms with van der Waals surface area (Å²) < 4.78 is 0.547. The first-order valence-electron chi connectivity index (χ1n) is 13.9. The Labute approximate surface area is 239 Å². The number of thioether (sulfide) groups is 1. The largest absolute Gasteiger partial charge is 0.396 e. The summed E-state index contributed by atoms with van der Waals surface area (Å²) in [5.74, 6) is -1.49. The number of carbonyl (C=O) groups is 3. The van der Waals surface area contributed by atoms with Gasteiger partial charge in [-0.3, -0.25) is 14.4 Å². The van der Waals surface area contributed by atoms with Crippen LogP contribution < -0.4 is 0 Å². The lowest BCUT2D eigenvalue weighted by molar-refractivity contribution is -0.145. The van der Waals surface area contributed by atoms with E-state index < -0.39 is 27.4 Å². The normalized spacial score (nSPS) is 28.6. The molecule has 1 aromatic carbocycles. The summed E-state index contributed by atoms with van der Waals surface area (Å²) >= 11 is 1.66. The molecule has 1 spiro atoms. The van der Waals surface area contributed by atoms with Crippen LogP contribution >= 0.6 is 11.8 Å². The molecule has 11 heteroatoms. The second kappa shape index (κ2) is 11.0. The van der Waals surface area contributed by atoms with E-state index in [1.807, 2.05) is 24.3 Å². The maximum absolute atomic E-state index is 14.6. The Kier molecular flexibility index (Phi) is 7.80. The standard InChI is InChI=1S/C29H38N6O4S/c1-5-15-32(4)25(37)22-23-26(38)34(17-9-10-18-36)24(29(23)14-13-28(22,3)40-29)27(39)33(16-6-2)19-35-21-12-8-7-11-20(21)30-31-35/h5-8,11-12,22-24,36H,1-2,9-10,13-19H2,3-4H3/t22-,23+,24?,28+,29?/m1/s1. The number of aliphatic hydroxyl groups is 1. The van der Waals surface area contributed by atoms with Crippen molar-refractivity contribution >= 4 is 40.5 Å². The van der Waals surface area contributed by atoms with Crippen molar-refractivity contribution in [1.29, 1.82) is 0 Å². The minimum absolute atomic E-state index is 0.0114. The molecular formula is C29H38N6O4S. The Balaban J connectivity index is 1.53. The highest BCUT2D eigenvalue weighted by Gasteiger charge is 2.77. The molecule has 40 heavy (non-hydrogen) atoms. The molecule has 2 bridgehead atoms. The van der Waals surface area contributed by atoms with Gasteiger partial charge in [-0.2, -0.15) is 0 Å². The average molecular weight is 567 g/mol. The molecule has 10 nitrogen and oxygen atoms in total. The lowest BCUT2D eigenvalue weighted by atomic mass is 9.66. The molecule has 5 rings (SSSR count). The molecule has 0 saturated carbocycles. The zero-order valence-electron chi connectivity index (χ0n) is 23.2. The van der Waals surface area contributed by atoms with Gasteiger partial charge in [0.05, 0.1) is 22.1 Å². The number of aromatic nitrogens is 3. The topological polar surface area (TPSA) is 112 Å². The number of likely N-dealkylation sites (tertiary alicyclic amines) is 1. The Morgan fingerprint density at radius 2 is 1.93 bits per heavy atom. The van der Waals surface area contributed by atoms with E-state index in [1.165, 1.54) is 0 Å². The van der Waals surface area contributed by atoms with Crippen molar-refractivity contribution in [2.24, 2.45) is 11.8 Å². The predicted octanol–water partition coefficient (Wildman–Crippen LogP) is 2.30. The lowest BCUT2D eigenvalue weighted by Crippen LogP contribution is -2.55. The van der Waals surface area contributed by atoms with E-state index in [4.69, 9.17) is 0 Å². The molecule has 1 aromatic heterocycles. The summed E-state index contributed by atoms with van der Waals surface area (Å²) in [6, 6.07) is 6.84. The number of benzene rings is 1. The number of carbonyl (C=O) groups excluding carboxylic acids is 3. The maximum atomic E-state index is 14.6. The van der Waals surface area contributed by atoms with E-state index in [1.54, 1.807) is 50.3 Å². The van der Waals surface area contributed by atoms with Gasteiger partial charge < -0.3 is 19.8 Å². The van der Waals surface area contributed by atoms with Gasteiger partial charge in [-0.05, 0) is 44.7 Å². The van der Waals surface area contributed by atoms with Gasteiger partial charge in [0.1, 0.15) is 18.2 Å². The third-order valence-corrected chi connectivity index (χ3v) is 10.7. The number of hydrogen-bond donors (Lipinski definition) is 1. The monoisotopic (exact) mass is 566 g/mol. The van der Waals surface area contributed by atoms with Gasteiger partial charge in [0.2, 0.25) is 17.7 Å². The number of para-hydroxylation sites is 1. The molecular weight excluding hydrogens is 528 g/mol. The molecule has 3 saturated heterocycles. The van der Waals surface area contributed by atoms with Crippen LogP contribution in [0.5, 0.6) is 0 Å². The molecule has 0 radical (unpaired) electrons. The van der Waals surface area contributed by atoms with Crippen molar-refractivity contribution in [3.8, 4) is 0 Å². The zero-order valence-corrected chi connectivity index (χ0v) is 24.1. The molecule has 0 aliphatic carbocycles. The van der Waals surface area contributed by atoms with Gasteiger partial charge in [-0.25, -0.2) is 4.68 Å². The van der Waals surface area contributed by atoms with Crippen molar-refractivity contribution in [1.82, 2.24) is 29.7 Å². The number of likely N-dealkylation sites (N-methyl/N-ethyl adjacent to an activating group) is 1. The summed E-state index contributed by atoms with van der Waals surface area (Å²) in [7, 11) is 1.74. The number of aliphatic hydroxyl groups excluding tert-OH is 1. The summed E-state index contributed by atoms with van der Waals surface area (Å²) in [5.41, 5.74) is 1.54. The maximum Gasteiger partial charge on any atom is 0.248 e. The Bertz CT molecular complexity index is 1330. The minimum atomic E-state index is -0.729. The zero-order chi connectivity index (χ0) is 28.7. The average Bonchev–Trinajstić information content (AvgIpc) is 3.64. The van der Waals surface area contributed by atoms with Gasteiger partial charge >= 0.3 is 0 Å². The fourth-order valence-electron chi connectivity index (χ4n) is 6.97. The number of unbranched alkanes of at least 4 members (excludes halogenated alkanes) is 1. The highest BCUT2D eigenvalue weighted by atomic mass is 32.2. The van der Waals surface area contributed by atoms with E-state index in [-0.39, 0.29) is 37.5 Å². The fourth-order valence-corrected chi connectivity index (χ4v) is 9.31. The number of amides is 3. The Morgan fingerprint density at radius 1 is 1.18 bits per heavy atom. The van der Waals surface area contributed by atoms with Crippen molar-refractivity contribution in [3.05, 3.63) is 49.6 Å². The van der Waals surface area contributed by atoms with Gasteiger partial charge in [0, 0.05) is 38.0 Å². The van der Waals surface area contributed by atoms with E-state index >= 15 is 0 Å². The molecule has 1 N–H and O–H groups in total. The third kappa shape index (κ3) is 4.43. The molecule has 4 heterocycles. The molecule has 3 amide bonds. The van der Waals surface area contributed by atoms with Crippen LogP contribution in [0.25, 0.3) is 11.0 Å². The molecule has 3 aliphatic heterocycles. The summed E-state index contributed by atoms with van der Waals surface area (Å²) in [4.78, 5) is 47.6. The van der Waals surface area contributed by atoms with E-state index in [0.717, 1.165) is 17.5 Å². The van der Waals surface area contributed by atoms with Crippen molar-refractivity contribution in [2.45, 2.75) is 54.8 Å². The molecule has 214 valence electrons. The predicted molar refractivity (Wildman–Crippen MR) is 154 cm³/mol. The number of hydrogen-bond acceptors (Lipinski definition) is 7. The summed E-state index contributed by atoms with van der Waals surface area (Å²) in [6.07, 6.45) is 5.89. The molecule has 5 atom stereocenters. The minimum Gasteiger partial charge on any atom is -0.396 e. The Morgan fingerprint density at radius 3 is 2.65 bits per heavy atom. The molecule has 3 fully saturated rings. The second-order valence-electron chi connectivity index (χ2n) is 11.3. The van der Waals surface area contributed by atoms with E-state index in [9.17, 15) is 19.5 Å². The van der Waals surface area contributed by atoms with Gasteiger partial charge in [-0.1, -0.05) is 29.5 Å². The number of rotatable bonds is 12. The third-order valence-electron chi connectivity index (χ3n) is 8.75. The highest BCUT2D eigenvalue weighted by molar-refractivity contribution is 8.02.